The van der Waals surface area contributed by atoms with Crippen molar-refractivity contribution in [2.24, 2.45) is 13.0 Å². The maximum Gasteiger partial charge on any atom is 0.433 e. The molecule has 3 fully saturated rings. The Morgan fingerprint density at radius 3 is 2.58 bits per heavy atom. The molecule has 13 heteroatoms. The molecule has 8 nitrogen and oxygen atoms in total. The number of nitrogens with one attached hydrogen (secondary N) is 1. The number of piperazine rings is 1. The fourth-order valence-electron chi connectivity index (χ4n) is 5.97. The molecule has 214 valence electrons. The van der Waals surface area contributed by atoms with Gasteiger partial charge in [0.05, 0.1) is 35.7 Å². The molecule has 2 aromatic heterocycles. The van der Waals surface area contributed by atoms with E-state index >= 15 is 0 Å². The zero-order valence-electron chi connectivity index (χ0n) is 22.0. The maximum atomic E-state index is 14.5. The van der Waals surface area contributed by atoms with Gasteiger partial charge in [0.25, 0.3) is 0 Å². The van der Waals surface area contributed by atoms with Gasteiger partial charge in [0.15, 0.2) is 0 Å². The third kappa shape index (κ3) is 4.79. The van der Waals surface area contributed by atoms with Gasteiger partial charge in [-0.2, -0.15) is 18.3 Å². The summed E-state index contributed by atoms with van der Waals surface area (Å²) in [5.41, 5.74) is -0.570. The second kappa shape index (κ2) is 9.85. The second-order valence-corrected chi connectivity index (χ2v) is 11.4. The molecule has 2 aliphatic heterocycles. The van der Waals surface area contributed by atoms with E-state index in [0.29, 0.717) is 50.0 Å². The number of alkyl halides is 4. The molecule has 1 saturated carbocycles. The zero-order chi connectivity index (χ0) is 28.4. The molecule has 3 aliphatic rings. The number of aryl methyl sites for hydroxylation is 1. The van der Waals surface area contributed by atoms with Crippen LogP contribution in [0.2, 0.25) is 5.02 Å². The van der Waals surface area contributed by atoms with Gasteiger partial charge < -0.3 is 15.0 Å². The van der Waals surface area contributed by atoms with Crippen LogP contribution >= 0.6 is 11.6 Å². The smallest absolute Gasteiger partial charge is 0.376 e. The molecule has 1 aromatic carbocycles. The Balaban J connectivity index is 1.15. The number of nitrogens with zero attached hydrogens (tertiary/aromatic N) is 5. The van der Waals surface area contributed by atoms with Crippen LogP contribution in [0.25, 0.3) is 10.8 Å². The van der Waals surface area contributed by atoms with Gasteiger partial charge >= 0.3 is 6.18 Å². The SMILES string of the molecule is Cn1ncc([C@H]2C[C@@H]2C(=O)Nc2cc3cc(N4CCN([C@]5(C)COC[C@@H]5F)CC4)c(Cl)cc3cn2)c1C(F)(F)F. The van der Waals surface area contributed by atoms with Crippen LogP contribution in [0.4, 0.5) is 29.1 Å². The molecule has 0 unspecified atom stereocenters. The van der Waals surface area contributed by atoms with Gasteiger partial charge in [-0.15, -0.1) is 0 Å². The van der Waals surface area contributed by atoms with Crippen LogP contribution in [-0.4, -0.2) is 76.7 Å². The molecular formula is C27H29ClF4N6O2. The van der Waals surface area contributed by atoms with E-state index in [-0.39, 0.29) is 18.1 Å². The number of fused-ring (bicyclic) bond motifs is 1. The van der Waals surface area contributed by atoms with Gasteiger partial charge in [0.2, 0.25) is 5.91 Å². The molecule has 4 heterocycles. The second-order valence-electron chi connectivity index (χ2n) is 11.0. The van der Waals surface area contributed by atoms with Crippen molar-refractivity contribution >= 4 is 39.8 Å². The number of amides is 1. The number of carbonyl (C=O) groups is 1. The highest BCUT2D eigenvalue weighted by Crippen LogP contribution is 2.51. The average Bonchev–Trinajstić information content (AvgIpc) is 3.50. The van der Waals surface area contributed by atoms with Crippen molar-refractivity contribution in [2.75, 3.05) is 49.6 Å². The molecule has 6 rings (SSSR count). The molecule has 1 amide bonds. The molecule has 0 spiro atoms. The number of rotatable bonds is 5. The lowest BCUT2D eigenvalue weighted by molar-refractivity contribution is -0.144. The van der Waals surface area contributed by atoms with E-state index in [4.69, 9.17) is 16.3 Å². The first-order valence-electron chi connectivity index (χ1n) is 13.2. The fourth-order valence-corrected chi connectivity index (χ4v) is 6.26. The lowest BCUT2D eigenvalue weighted by Crippen LogP contribution is -2.59. The summed E-state index contributed by atoms with van der Waals surface area (Å²) in [4.78, 5) is 21.5. The number of carbonyl (C=O) groups excluding carboxylic acids is 1. The Morgan fingerprint density at radius 1 is 1.15 bits per heavy atom. The number of hydrogen-bond donors (Lipinski definition) is 1. The highest BCUT2D eigenvalue weighted by molar-refractivity contribution is 6.34. The van der Waals surface area contributed by atoms with E-state index in [1.807, 2.05) is 19.1 Å². The summed E-state index contributed by atoms with van der Waals surface area (Å²) in [7, 11) is 1.24. The first kappa shape index (κ1) is 27.2. The first-order chi connectivity index (χ1) is 19.0. The molecule has 0 bridgehead atoms. The lowest BCUT2D eigenvalue weighted by Gasteiger charge is -2.44. The number of anilines is 2. The first-order valence-corrected chi connectivity index (χ1v) is 13.5. The number of pyridine rings is 1. The summed E-state index contributed by atoms with van der Waals surface area (Å²) >= 11 is 6.63. The van der Waals surface area contributed by atoms with Gasteiger partial charge in [-0.05, 0) is 42.8 Å². The van der Waals surface area contributed by atoms with Crippen molar-refractivity contribution in [1.82, 2.24) is 19.7 Å². The Labute approximate surface area is 233 Å². The third-order valence-corrected chi connectivity index (χ3v) is 8.78. The van der Waals surface area contributed by atoms with E-state index in [1.165, 1.54) is 13.2 Å². The average molecular weight is 581 g/mol. The van der Waals surface area contributed by atoms with E-state index in [2.05, 4.69) is 25.2 Å². The van der Waals surface area contributed by atoms with E-state index < -0.39 is 35.4 Å². The van der Waals surface area contributed by atoms with Gasteiger partial charge in [-0.25, -0.2) is 9.37 Å². The van der Waals surface area contributed by atoms with Gasteiger partial charge in [0.1, 0.15) is 17.7 Å². The quantitative estimate of drug-likeness (QED) is 0.444. The number of aromatic nitrogens is 3. The van der Waals surface area contributed by atoms with Gasteiger partial charge in [-0.3, -0.25) is 14.4 Å². The summed E-state index contributed by atoms with van der Waals surface area (Å²) in [6.45, 7) is 5.07. The highest BCUT2D eigenvalue weighted by Gasteiger charge is 2.50. The van der Waals surface area contributed by atoms with Crippen molar-refractivity contribution in [3.63, 3.8) is 0 Å². The molecule has 40 heavy (non-hydrogen) atoms. The lowest BCUT2D eigenvalue weighted by atomic mass is 9.96. The Bertz CT molecular complexity index is 1460. The van der Waals surface area contributed by atoms with Crippen LogP contribution in [0, 0.1) is 5.92 Å². The summed E-state index contributed by atoms with van der Waals surface area (Å²) in [5, 5.41) is 8.68. The molecule has 0 radical (unpaired) electrons. The largest absolute Gasteiger partial charge is 0.433 e. The molecular weight excluding hydrogens is 552 g/mol. The summed E-state index contributed by atoms with van der Waals surface area (Å²) in [6.07, 6.45) is -2.46. The number of hydrogen-bond acceptors (Lipinski definition) is 6. The van der Waals surface area contributed by atoms with Gasteiger partial charge in [0, 0.05) is 56.3 Å². The molecule has 4 atom stereocenters. The number of ether oxygens (including phenoxy) is 1. The standard InChI is InChI=1S/C27H29ClF4N6O2/c1-26(14-40-13-22(26)29)38-5-3-37(4-6-38)21-8-15-9-23(33-11-16(15)7-20(21)28)35-25(39)18-10-17(18)19-12-34-36(2)24(19)27(30,31)32/h7-9,11-12,17-18,22H,3-6,10,13-14H2,1-2H3,(H,33,35,39)/t17-,18-,22-,26+/m0/s1. The maximum absolute atomic E-state index is 14.5. The zero-order valence-corrected chi connectivity index (χ0v) is 22.8. The Kier molecular flexibility index (Phi) is 6.70. The van der Waals surface area contributed by atoms with Crippen molar-refractivity contribution in [1.29, 1.82) is 0 Å². The number of halogens is 5. The van der Waals surface area contributed by atoms with Crippen molar-refractivity contribution in [3.8, 4) is 0 Å². The minimum atomic E-state index is -4.55. The monoisotopic (exact) mass is 580 g/mol. The summed E-state index contributed by atoms with van der Waals surface area (Å²) in [5.74, 6) is -1.20. The molecule has 1 N–H and O–H groups in total. The summed E-state index contributed by atoms with van der Waals surface area (Å²) in [6, 6.07) is 5.49. The van der Waals surface area contributed by atoms with Crippen molar-refractivity contribution < 1.29 is 27.1 Å². The van der Waals surface area contributed by atoms with Crippen LogP contribution < -0.4 is 10.2 Å². The third-order valence-electron chi connectivity index (χ3n) is 8.48. The molecule has 1 aliphatic carbocycles. The number of benzene rings is 1. The fraction of sp³-hybridized carbons (Fsp3) is 0.519. The van der Waals surface area contributed by atoms with E-state index in [0.717, 1.165) is 21.1 Å². The predicted octanol–water partition coefficient (Wildman–Crippen LogP) is 4.63. The summed E-state index contributed by atoms with van der Waals surface area (Å²) < 4.78 is 61.1. The van der Waals surface area contributed by atoms with E-state index in [1.54, 1.807) is 12.3 Å². The minimum Gasteiger partial charge on any atom is -0.376 e. The Morgan fingerprint density at radius 2 is 1.90 bits per heavy atom. The van der Waals surface area contributed by atoms with Crippen molar-refractivity contribution in [3.05, 3.63) is 46.9 Å². The van der Waals surface area contributed by atoms with Gasteiger partial charge in [-0.1, -0.05) is 11.6 Å². The van der Waals surface area contributed by atoms with Crippen molar-refractivity contribution in [2.45, 2.75) is 37.1 Å². The predicted molar refractivity (Wildman–Crippen MR) is 142 cm³/mol. The van der Waals surface area contributed by atoms with E-state index in [9.17, 15) is 22.4 Å². The highest BCUT2D eigenvalue weighted by atomic mass is 35.5. The minimum absolute atomic E-state index is 0.0393. The molecule has 2 saturated heterocycles. The van der Waals surface area contributed by atoms with Crippen LogP contribution in [0.5, 0.6) is 0 Å². The molecule has 3 aromatic rings. The van der Waals surface area contributed by atoms with Crippen LogP contribution in [0.15, 0.2) is 30.6 Å². The topological polar surface area (TPSA) is 75.5 Å². The van der Waals surface area contributed by atoms with Crippen LogP contribution in [-0.2, 0) is 22.8 Å². The normalized spacial score (nSPS) is 27.4. The van der Waals surface area contributed by atoms with Crippen LogP contribution in [0.3, 0.4) is 0 Å². The Hall–Kier alpha value is -2.96. The van der Waals surface area contributed by atoms with Crippen LogP contribution in [0.1, 0.15) is 30.5 Å².